The molecule has 0 amide bonds. The predicted octanol–water partition coefficient (Wildman–Crippen LogP) is 1.34. The monoisotopic (exact) mass is 315 g/mol. The van der Waals surface area contributed by atoms with Crippen LogP contribution in [0.1, 0.15) is 36.2 Å². The van der Waals surface area contributed by atoms with Crippen molar-refractivity contribution in [3.05, 3.63) is 29.3 Å². The smallest absolute Gasteiger partial charge is 0.335 e. The molecular formula is C14H21NO5S. The number of rotatable bonds is 7. The molecular weight excluding hydrogens is 294 g/mol. The van der Waals surface area contributed by atoms with E-state index in [1.54, 1.807) is 13.8 Å². The fraction of sp³-hybridized carbons (Fsp3) is 0.500. The molecule has 0 bridgehead atoms. The van der Waals surface area contributed by atoms with E-state index in [9.17, 15) is 18.3 Å². The summed E-state index contributed by atoms with van der Waals surface area (Å²) in [7, 11) is -2.46. The Morgan fingerprint density at radius 3 is 2.38 bits per heavy atom. The molecule has 0 fully saturated rings. The second kappa shape index (κ2) is 7.02. The molecule has 0 saturated heterocycles. The molecule has 1 aromatic carbocycles. The largest absolute Gasteiger partial charge is 0.478 e. The summed E-state index contributed by atoms with van der Waals surface area (Å²) in [5.41, 5.74) is 0.482. The third kappa shape index (κ3) is 3.61. The standard InChI is InChI=1S/C14H21NO5S/c1-4-10-6-7-11(14(17)18)8-13(10)21(19,20)15(3)12(5-2)9-16/h6-8,12,16H,4-5,9H2,1-3H3,(H,17,18)/t12-/m0/s1. The number of nitrogens with zero attached hydrogens (tertiary/aromatic N) is 1. The lowest BCUT2D eigenvalue weighted by Crippen LogP contribution is -2.39. The van der Waals surface area contributed by atoms with Crippen LogP contribution in [0.3, 0.4) is 0 Å². The van der Waals surface area contributed by atoms with Crippen molar-refractivity contribution in [2.75, 3.05) is 13.7 Å². The van der Waals surface area contributed by atoms with E-state index in [1.807, 2.05) is 0 Å². The highest BCUT2D eigenvalue weighted by Crippen LogP contribution is 2.24. The molecule has 0 aliphatic heterocycles. The Morgan fingerprint density at radius 1 is 1.33 bits per heavy atom. The maximum Gasteiger partial charge on any atom is 0.335 e. The van der Waals surface area contributed by atoms with Crippen LogP contribution < -0.4 is 0 Å². The van der Waals surface area contributed by atoms with Gasteiger partial charge in [-0.25, -0.2) is 13.2 Å². The molecule has 0 aromatic heterocycles. The number of carboxylic acid groups (broad SMARTS) is 1. The minimum Gasteiger partial charge on any atom is -0.478 e. The number of benzene rings is 1. The molecule has 7 heteroatoms. The first-order valence-corrected chi connectivity index (χ1v) is 8.18. The minimum atomic E-state index is -3.85. The molecule has 0 radical (unpaired) electrons. The second-order valence-corrected chi connectivity index (χ2v) is 6.71. The van der Waals surface area contributed by atoms with E-state index < -0.39 is 22.0 Å². The molecule has 6 nitrogen and oxygen atoms in total. The van der Waals surface area contributed by atoms with Gasteiger partial charge in [0.25, 0.3) is 0 Å². The first-order chi connectivity index (χ1) is 9.79. The van der Waals surface area contributed by atoms with Crippen molar-refractivity contribution in [2.24, 2.45) is 0 Å². The summed E-state index contributed by atoms with van der Waals surface area (Å²) in [5.74, 6) is -1.18. The lowest BCUT2D eigenvalue weighted by molar-refractivity contribution is 0.0696. The van der Waals surface area contributed by atoms with Gasteiger partial charge in [-0.2, -0.15) is 4.31 Å². The summed E-state index contributed by atoms with van der Waals surface area (Å²) in [6.45, 7) is 3.30. The van der Waals surface area contributed by atoms with E-state index in [0.717, 1.165) is 4.31 Å². The Bertz CT molecular complexity index is 608. The van der Waals surface area contributed by atoms with Crippen LogP contribution in [0.2, 0.25) is 0 Å². The zero-order valence-corrected chi connectivity index (χ0v) is 13.2. The predicted molar refractivity (Wildman–Crippen MR) is 78.9 cm³/mol. The van der Waals surface area contributed by atoms with Gasteiger partial charge < -0.3 is 10.2 Å². The van der Waals surface area contributed by atoms with Gasteiger partial charge in [0, 0.05) is 13.1 Å². The van der Waals surface area contributed by atoms with Crippen LogP contribution in [0, 0.1) is 0 Å². The van der Waals surface area contributed by atoms with Gasteiger partial charge >= 0.3 is 5.97 Å². The average molecular weight is 315 g/mol. The summed E-state index contributed by atoms with van der Waals surface area (Å²) in [6, 6.07) is 3.55. The van der Waals surface area contributed by atoms with Crippen molar-refractivity contribution in [1.82, 2.24) is 4.31 Å². The van der Waals surface area contributed by atoms with Crippen molar-refractivity contribution in [3.8, 4) is 0 Å². The van der Waals surface area contributed by atoms with Crippen LogP contribution in [-0.4, -0.2) is 48.6 Å². The third-order valence-electron chi connectivity index (χ3n) is 3.55. The van der Waals surface area contributed by atoms with Crippen molar-refractivity contribution < 1.29 is 23.4 Å². The molecule has 1 aromatic rings. The van der Waals surface area contributed by atoms with Gasteiger partial charge in [-0.15, -0.1) is 0 Å². The summed E-state index contributed by atoms with van der Waals surface area (Å²) in [6.07, 6.45) is 0.935. The molecule has 21 heavy (non-hydrogen) atoms. The van der Waals surface area contributed by atoms with Crippen molar-refractivity contribution >= 4 is 16.0 Å². The SMILES string of the molecule is CCc1ccc(C(=O)O)cc1S(=O)(=O)N(C)[C@@H](CC)CO. The number of aliphatic hydroxyl groups is 1. The van der Waals surface area contributed by atoms with E-state index in [2.05, 4.69) is 0 Å². The Kier molecular flexibility index (Phi) is 5.88. The van der Waals surface area contributed by atoms with E-state index >= 15 is 0 Å². The van der Waals surface area contributed by atoms with Crippen molar-refractivity contribution in [2.45, 2.75) is 37.6 Å². The van der Waals surface area contributed by atoms with Crippen molar-refractivity contribution in [3.63, 3.8) is 0 Å². The summed E-state index contributed by atoms with van der Waals surface area (Å²) in [5, 5.41) is 18.3. The summed E-state index contributed by atoms with van der Waals surface area (Å²) < 4.78 is 26.4. The topological polar surface area (TPSA) is 94.9 Å². The summed E-state index contributed by atoms with van der Waals surface area (Å²) in [4.78, 5) is 11.0. The van der Waals surface area contributed by atoms with Crippen LogP contribution in [0.5, 0.6) is 0 Å². The normalized spacial score (nSPS) is 13.4. The fourth-order valence-electron chi connectivity index (χ4n) is 2.07. The highest BCUT2D eigenvalue weighted by Gasteiger charge is 2.29. The zero-order chi connectivity index (χ0) is 16.2. The summed E-state index contributed by atoms with van der Waals surface area (Å²) >= 11 is 0. The highest BCUT2D eigenvalue weighted by atomic mass is 32.2. The van der Waals surface area contributed by atoms with Gasteiger partial charge in [-0.3, -0.25) is 0 Å². The van der Waals surface area contributed by atoms with Gasteiger partial charge in [0.15, 0.2) is 0 Å². The number of aliphatic hydroxyl groups excluding tert-OH is 1. The van der Waals surface area contributed by atoms with E-state index in [-0.39, 0.29) is 17.1 Å². The maximum absolute atomic E-state index is 12.7. The molecule has 0 saturated carbocycles. The molecule has 1 atom stereocenters. The number of aromatic carboxylic acids is 1. The van der Waals surface area contributed by atoms with Gasteiger partial charge in [0.2, 0.25) is 10.0 Å². The van der Waals surface area contributed by atoms with E-state index in [4.69, 9.17) is 5.11 Å². The maximum atomic E-state index is 12.7. The van der Waals surface area contributed by atoms with Crippen LogP contribution >= 0.6 is 0 Å². The Hall–Kier alpha value is -1.44. The van der Waals surface area contributed by atoms with Crippen LogP contribution in [0.4, 0.5) is 0 Å². The lowest BCUT2D eigenvalue weighted by atomic mass is 10.1. The van der Waals surface area contributed by atoms with Crippen LogP contribution in [0.15, 0.2) is 23.1 Å². The van der Waals surface area contributed by atoms with Gasteiger partial charge in [0.05, 0.1) is 17.1 Å². The fourth-order valence-corrected chi connectivity index (χ4v) is 3.81. The highest BCUT2D eigenvalue weighted by molar-refractivity contribution is 7.89. The average Bonchev–Trinajstić information content (AvgIpc) is 2.47. The molecule has 0 spiro atoms. The van der Waals surface area contributed by atoms with E-state index in [0.29, 0.717) is 18.4 Å². The Labute approximate surface area is 125 Å². The molecule has 0 aliphatic rings. The number of hydrogen-bond acceptors (Lipinski definition) is 4. The molecule has 1 rings (SSSR count). The zero-order valence-electron chi connectivity index (χ0n) is 12.4. The van der Waals surface area contributed by atoms with Crippen molar-refractivity contribution in [1.29, 1.82) is 0 Å². The van der Waals surface area contributed by atoms with Crippen LogP contribution in [-0.2, 0) is 16.4 Å². The van der Waals surface area contributed by atoms with Gasteiger partial charge in [0.1, 0.15) is 0 Å². The quantitative estimate of drug-likeness (QED) is 0.791. The minimum absolute atomic E-state index is 0.0145. The molecule has 2 N–H and O–H groups in total. The first-order valence-electron chi connectivity index (χ1n) is 6.74. The Morgan fingerprint density at radius 2 is 1.95 bits per heavy atom. The number of carboxylic acids is 1. The lowest BCUT2D eigenvalue weighted by Gasteiger charge is -2.26. The molecule has 0 aliphatic carbocycles. The second-order valence-electron chi connectivity index (χ2n) is 4.75. The number of likely N-dealkylation sites (N-methyl/N-ethyl adjacent to an activating group) is 1. The Balaban J connectivity index is 3.41. The van der Waals surface area contributed by atoms with Crippen LogP contribution in [0.25, 0.3) is 0 Å². The number of carbonyl (C=O) groups is 1. The van der Waals surface area contributed by atoms with E-state index in [1.165, 1.54) is 25.2 Å². The third-order valence-corrected chi connectivity index (χ3v) is 5.54. The molecule has 118 valence electrons. The molecule has 0 unspecified atom stereocenters. The number of sulfonamides is 1. The van der Waals surface area contributed by atoms with Gasteiger partial charge in [-0.1, -0.05) is 19.9 Å². The molecule has 0 heterocycles. The number of hydrogen-bond donors (Lipinski definition) is 2. The first kappa shape index (κ1) is 17.6. The van der Waals surface area contributed by atoms with Gasteiger partial charge in [-0.05, 0) is 30.5 Å². The number of aryl methyl sites for hydroxylation is 1.